The van der Waals surface area contributed by atoms with E-state index in [-0.39, 0.29) is 13.2 Å². The molecule has 3 atom stereocenters. The summed E-state index contributed by atoms with van der Waals surface area (Å²) in [6.45, 7) is 2.27. The molecule has 1 saturated heterocycles. The van der Waals surface area contributed by atoms with Crippen molar-refractivity contribution in [1.82, 2.24) is 0 Å². The molecule has 3 aromatic rings. The first-order valence-electron chi connectivity index (χ1n) is 11.8. The second kappa shape index (κ2) is 9.02. The van der Waals surface area contributed by atoms with Gasteiger partial charge in [0.2, 0.25) is 0 Å². The van der Waals surface area contributed by atoms with Gasteiger partial charge in [-0.05, 0) is 34.8 Å². The monoisotopic (exact) mass is 410 g/mol. The lowest BCUT2D eigenvalue weighted by atomic mass is 9.77. The van der Waals surface area contributed by atoms with Crippen LogP contribution in [-0.4, -0.2) is 7.12 Å². The quantitative estimate of drug-likeness (QED) is 0.289. The summed E-state index contributed by atoms with van der Waals surface area (Å²) in [7, 11) is -0.169. The Bertz CT molecular complexity index is 921. The highest BCUT2D eigenvalue weighted by atomic mass is 16.7. The number of hydrogen-bond donors (Lipinski definition) is 0. The van der Waals surface area contributed by atoms with Gasteiger partial charge in [-0.3, -0.25) is 0 Å². The van der Waals surface area contributed by atoms with Gasteiger partial charge in [-0.1, -0.05) is 124 Å². The summed E-state index contributed by atoms with van der Waals surface area (Å²) in [5.41, 5.74) is 2.83. The summed E-state index contributed by atoms with van der Waals surface area (Å²) in [5.74, 6) is 1.23. The van der Waals surface area contributed by atoms with Gasteiger partial charge in [0.25, 0.3) is 0 Å². The average molecular weight is 410 g/mol. The molecule has 1 saturated carbocycles. The van der Waals surface area contributed by atoms with Gasteiger partial charge < -0.3 is 9.31 Å². The van der Waals surface area contributed by atoms with Gasteiger partial charge in [0.1, 0.15) is 11.7 Å². The van der Waals surface area contributed by atoms with E-state index >= 15 is 0 Å². The van der Waals surface area contributed by atoms with Gasteiger partial charge in [0.15, 0.2) is 0 Å². The highest BCUT2D eigenvalue weighted by molar-refractivity contribution is 6.48. The molecule has 0 unspecified atom stereocenters. The van der Waals surface area contributed by atoms with Crippen LogP contribution in [0.15, 0.2) is 91.0 Å². The van der Waals surface area contributed by atoms with Crippen LogP contribution >= 0.6 is 0 Å². The maximum Gasteiger partial charge on any atom is 0.462 e. The molecular formula is C28H31BO2. The van der Waals surface area contributed by atoms with Crippen LogP contribution < -0.4 is 0 Å². The first-order chi connectivity index (χ1) is 15.3. The average Bonchev–Trinajstić information content (AvgIpc) is 3.50. The maximum absolute atomic E-state index is 7.03. The van der Waals surface area contributed by atoms with Gasteiger partial charge in [-0.2, -0.15) is 0 Å². The van der Waals surface area contributed by atoms with Crippen LogP contribution in [0.3, 0.4) is 0 Å². The Kier molecular flexibility index (Phi) is 5.98. The third-order valence-electron chi connectivity index (χ3n) is 6.95. The summed E-state index contributed by atoms with van der Waals surface area (Å²) in [4.78, 5) is 0. The zero-order valence-electron chi connectivity index (χ0n) is 18.3. The third kappa shape index (κ3) is 3.97. The van der Waals surface area contributed by atoms with Crippen LogP contribution in [0, 0.1) is 5.92 Å². The Hall–Kier alpha value is -2.36. The minimum atomic E-state index is -0.648. The molecule has 1 aliphatic heterocycles. The largest absolute Gasteiger partial charge is 0.462 e. The number of hydrogen-bond acceptors (Lipinski definition) is 2. The van der Waals surface area contributed by atoms with Gasteiger partial charge in [0, 0.05) is 0 Å². The summed E-state index contributed by atoms with van der Waals surface area (Å²) in [6, 6.07) is 31.9. The predicted octanol–water partition coefficient (Wildman–Crippen LogP) is 7.18. The zero-order chi connectivity index (χ0) is 21.1. The predicted molar refractivity (Wildman–Crippen MR) is 127 cm³/mol. The van der Waals surface area contributed by atoms with Crippen LogP contribution in [-0.2, 0) is 14.9 Å². The zero-order valence-corrected chi connectivity index (χ0v) is 18.3. The molecule has 3 heteroatoms. The molecular weight excluding hydrogens is 379 g/mol. The standard InChI is InChI=1S/C28H31BO2/c1-2-3-7-16-23-21-26(23)29-30-27(22-14-8-4-9-15-22)28(31-29,24-17-10-5-11-18-24)25-19-12-6-13-20-25/h4-6,8-15,17-20,23,26-27H,2-3,7,16,21H2,1H3/t23-,26-,27-/m1/s1. The Morgan fingerprint density at radius 2 is 1.39 bits per heavy atom. The molecule has 5 rings (SSSR count). The lowest BCUT2D eigenvalue weighted by Gasteiger charge is -2.35. The van der Waals surface area contributed by atoms with Crippen LogP contribution in [0.1, 0.15) is 61.8 Å². The molecule has 0 aromatic heterocycles. The van der Waals surface area contributed by atoms with E-state index in [0.29, 0.717) is 5.82 Å². The molecule has 0 spiro atoms. The van der Waals surface area contributed by atoms with E-state index in [1.807, 2.05) is 0 Å². The van der Waals surface area contributed by atoms with Gasteiger partial charge in [0.05, 0.1) is 0 Å². The van der Waals surface area contributed by atoms with Crippen LogP contribution in [0.4, 0.5) is 0 Å². The molecule has 0 amide bonds. The number of unbranched alkanes of at least 4 members (excludes halogenated alkanes) is 2. The van der Waals surface area contributed by atoms with E-state index in [4.69, 9.17) is 9.31 Å². The van der Waals surface area contributed by atoms with Gasteiger partial charge in [-0.15, -0.1) is 0 Å². The maximum atomic E-state index is 7.03. The van der Waals surface area contributed by atoms with E-state index in [2.05, 4.69) is 97.9 Å². The first kappa shape index (κ1) is 20.5. The Morgan fingerprint density at radius 1 is 0.806 bits per heavy atom. The summed E-state index contributed by atoms with van der Waals surface area (Å²) >= 11 is 0. The SMILES string of the molecule is CCCCC[C@@H]1C[C@H]1B1O[C@H](c2ccccc2)C(c2ccccc2)(c2ccccc2)O1. The Labute approximate surface area is 186 Å². The molecule has 2 aliphatic rings. The normalized spacial score (nSPS) is 24.3. The fourth-order valence-electron chi connectivity index (χ4n) is 5.20. The molecule has 31 heavy (non-hydrogen) atoms. The lowest BCUT2D eigenvalue weighted by Crippen LogP contribution is -2.34. The van der Waals surface area contributed by atoms with Crippen molar-refractivity contribution in [3.8, 4) is 0 Å². The molecule has 3 aromatic carbocycles. The molecule has 0 bridgehead atoms. The van der Waals surface area contributed by atoms with Crippen molar-refractivity contribution in [3.63, 3.8) is 0 Å². The highest BCUT2D eigenvalue weighted by Gasteiger charge is 2.60. The minimum Gasteiger partial charge on any atom is -0.400 e. The Balaban J connectivity index is 1.54. The molecule has 2 fully saturated rings. The van der Waals surface area contributed by atoms with E-state index < -0.39 is 5.60 Å². The highest BCUT2D eigenvalue weighted by Crippen LogP contribution is 2.59. The topological polar surface area (TPSA) is 18.5 Å². The summed E-state index contributed by atoms with van der Waals surface area (Å²) < 4.78 is 13.8. The van der Waals surface area contributed by atoms with Crippen molar-refractivity contribution in [3.05, 3.63) is 108 Å². The van der Waals surface area contributed by atoms with Gasteiger partial charge in [-0.25, -0.2) is 0 Å². The number of rotatable bonds is 8. The fraction of sp³-hybridized carbons (Fsp3) is 0.357. The molecule has 1 heterocycles. The van der Waals surface area contributed by atoms with Crippen molar-refractivity contribution in [2.24, 2.45) is 5.92 Å². The number of benzene rings is 3. The second-order valence-electron chi connectivity index (χ2n) is 9.04. The van der Waals surface area contributed by atoms with Crippen LogP contribution in [0.2, 0.25) is 5.82 Å². The van der Waals surface area contributed by atoms with E-state index in [1.165, 1.54) is 37.7 Å². The van der Waals surface area contributed by atoms with E-state index in [0.717, 1.165) is 17.0 Å². The van der Waals surface area contributed by atoms with Crippen molar-refractivity contribution >= 4 is 7.12 Å². The molecule has 2 nitrogen and oxygen atoms in total. The third-order valence-corrected chi connectivity index (χ3v) is 6.95. The molecule has 0 radical (unpaired) electrons. The summed E-state index contributed by atoms with van der Waals surface area (Å²) in [6.07, 6.45) is 6.24. The first-order valence-corrected chi connectivity index (χ1v) is 11.8. The fourth-order valence-corrected chi connectivity index (χ4v) is 5.20. The van der Waals surface area contributed by atoms with Gasteiger partial charge >= 0.3 is 7.12 Å². The lowest BCUT2D eigenvalue weighted by molar-refractivity contribution is 0.0726. The van der Waals surface area contributed by atoms with Crippen LogP contribution in [0.5, 0.6) is 0 Å². The molecule has 158 valence electrons. The summed E-state index contributed by atoms with van der Waals surface area (Å²) in [5, 5.41) is 0. The van der Waals surface area contributed by atoms with E-state index in [1.54, 1.807) is 0 Å². The van der Waals surface area contributed by atoms with Crippen molar-refractivity contribution < 1.29 is 9.31 Å². The van der Waals surface area contributed by atoms with E-state index in [9.17, 15) is 0 Å². The second-order valence-corrected chi connectivity index (χ2v) is 9.04. The smallest absolute Gasteiger partial charge is 0.400 e. The minimum absolute atomic E-state index is 0.169. The van der Waals surface area contributed by atoms with Crippen molar-refractivity contribution in [1.29, 1.82) is 0 Å². The Morgan fingerprint density at radius 3 is 1.97 bits per heavy atom. The molecule has 1 aliphatic carbocycles. The van der Waals surface area contributed by atoms with Crippen LogP contribution in [0.25, 0.3) is 0 Å². The van der Waals surface area contributed by atoms with Crippen molar-refractivity contribution in [2.75, 3.05) is 0 Å². The van der Waals surface area contributed by atoms with Crippen molar-refractivity contribution in [2.45, 2.75) is 56.6 Å². The molecule has 0 N–H and O–H groups in total.